The van der Waals surface area contributed by atoms with Crippen molar-refractivity contribution in [1.29, 1.82) is 0 Å². The Hall–Kier alpha value is -3.28. The number of allylic oxidation sites excluding steroid dienone is 1. The van der Waals surface area contributed by atoms with Crippen molar-refractivity contribution < 1.29 is 18.7 Å². The molecule has 1 aliphatic heterocycles. The predicted molar refractivity (Wildman–Crippen MR) is 145 cm³/mol. The molecule has 0 amide bonds. The van der Waals surface area contributed by atoms with Gasteiger partial charge in [-0.2, -0.15) is 0 Å². The SMILES string of the molecule is O=C(O)c1ccc2c(c1)CCCC(c1cccc(F)c1Cl)=C2c1ccc(C=C2CN(CCCF)C2)cc1. The highest BCUT2D eigenvalue weighted by molar-refractivity contribution is 6.33. The Morgan fingerprint density at radius 3 is 2.54 bits per heavy atom. The van der Waals surface area contributed by atoms with Crippen LogP contribution in [0.2, 0.25) is 5.02 Å². The number of carboxylic acids is 1. The summed E-state index contributed by atoms with van der Waals surface area (Å²) in [6.45, 7) is 2.24. The van der Waals surface area contributed by atoms with Crippen molar-refractivity contribution in [3.05, 3.63) is 110 Å². The van der Waals surface area contributed by atoms with Crippen molar-refractivity contribution >= 4 is 34.8 Å². The summed E-state index contributed by atoms with van der Waals surface area (Å²) in [4.78, 5) is 13.9. The van der Waals surface area contributed by atoms with Crippen LogP contribution >= 0.6 is 11.6 Å². The highest BCUT2D eigenvalue weighted by Gasteiger charge is 2.24. The number of nitrogens with zero attached hydrogens (tertiary/aromatic N) is 1. The van der Waals surface area contributed by atoms with Crippen molar-refractivity contribution in [2.45, 2.75) is 25.7 Å². The monoisotopic (exact) mass is 519 g/mol. The van der Waals surface area contributed by atoms with Crippen molar-refractivity contribution in [3.63, 3.8) is 0 Å². The fraction of sp³-hybridized carbons (Fsp3) is 0.258. The zero-order valence-electron chi connectivity index (χ0n) is 20.4. The van der Waals surface area contributed by atoms with Gasteiger partial charge in [0.25, 0.3) is 0 Å². The van der Waals surface area contributed by atoms with Crippen LogP contribution in [0.3, 0.4) is 0 Å². The Labute approximate surface area is 220 Å². The smallest absolute Gasteiger partial charge is 0.335 e. The van der Waals surface area contributed by atoms with Crippen molar-refractivity contribution in [1.82, 2.24) is 4.90 Å². The molecular formula is C31H28ClF2NO2. The summed E-state index contributed by atoms with van der Waals surface area (Å²) in [7, 11) is 0. The maximum Gasteiger partial charge on any atom is 0.335 e. The molecular weight excluding hydrogens is 492 g/mol. The molecule has 5 rings (SSSR count). The number of aryl methyl sites for hydroxylation is 1. The molecule has 0 atom stereocenters. The first-order valence-electron chi connectivity index (χ1n) is 12.6. The summed E-state index contributed by atoms with van der Waals surface area (Å²) in [5, 5.41) is 9.63. The second-order valence-electron chi connectivity index (χ2n) is 9.66. The van der Waals surface area contributed by atoms with Crippen molar-refractivity contribution in [3.8, 4) is 0 Å². The first-order chi connectivity index (χ1) is 17.9. The highest BCUT2D eigenvalue weighted by Crippen LogP contribution is 2.42. The molecule has 1 fully saturated rings. The van der Waals surface area contributed by atoms with Gasteiger partial charge in [0.2, 0.25) is 0 Å². The molecule has 2 aliphatic rings. The Morgan fingerprint density at radius 1 is 1.03 bits per heavy atom. The lowest BCUT2D eigenvalue weighted by Gasteiger charge is -2.33. The molecule has 0 bridgehead atoms. The number of carbonyl (C=O) groups is 1. The van der Waals surface area contributed by atoms with Crippen LogP contribution in [0.25, 0.3) is 17.2 Å². The molecule has 0 radical (unpaired) electrons. The predicted octanol–water partition coefficient (Wildman–Crippen LogP) is 7.53. The Kier molecular flexibility index (Phi) is 7.54. The Bertz CT molecular complexity index is 1390. The average molecular weight is 520 g/mol. The quantitative estimate of drug-likeness (QED) is 0.350. The molecule has 0 unspecified atom stereocenters. The van der Waals surface area contributed by atoms with E-state index in [2.05, 4.69) is 35.2 Å². The first-order valence-corrected chi connectivity index (χ1v) is 12.9. The standard InChI is InChI=1S/C31H28ClF2NO2/c32-30-27(6-2-7-28(30)34)26-5-1-4-23-17-24(31(36)37)12-13-25(23)29(26)22-10-8-20(9-11-22)16-21-18-35(19-21)15-3-14-33/h2,6-13,16-17H,1,3-5,14-15,18-19H2,(H,36,37). The van der Waals surface area contributed by atoms with E-state index >= 15 is 0 Å². The van der Waals surface area contributed by atoms with Crippen LogP contribution in [0.1, 0.15) is 57.4 Å². The summed E-state index contributed by atoms with van der Waals surface area (Å²) in [5.74, 6) is -1.41. The number of benzene rings is 3. The zero-order chi connectivity index (χ0) is 25.9. The molecule has 0 aromatic heterocycles. The van der Waals surface area contributed by atoms with Gasteiger partial charge in [0.05, 0.1) is 17.3 Å². The van der Waals surface area contributed by atoms with E-state index in [1.54, 1.807) is 18.2 Å². The number of halogens is 3. The molecule has 0 saturated carbocycles. The maximum absolute atomic E-state index is 14.5. The van der Waals surface area contributed by atoms with Gasteiger partial charge in [-0.15, -0.1) is 0 Å². The third kappa shape index (κ3) is 5.39. The minimum Gasteiger partial charge on any atom is -0.478 e. The third-order valence-corrected chi connectivity index (χ3v) is 7.49. The van der Waals surface area contributed by atoms with E-state index in [-0.39, 0.29) is 17.3 Å². The van der Waals surface area contributed by atoms with Gasteiger partial charge in [0, 0.05) is 19.6 Å². The summed E-state index contributed by atoms with van der Waals surface area (Å²) in [6.07, 6.45) is 4.96. The van der Waals surface area contributed by atoms with Gasteiger partial charge in [-0.05, 0) is 88.4 Å². The summed E-state index contributed by atoms with van der Waals surface area (Å²) < 4.78 is 26.9. The van der Waals surface area contributed by atoms with Crippen LogP contribution < -0.4 is 0 Å². The minimum atomic E-state index is -0.956. The van der Waals surface area contributed by atoms with Crippen LogP contribution in [0.5, 0.6) is 0 Å². The molecule has 3 aromatic carbocycles. The molecule has 0 spiro atoms. The minimum absolute atomic E-state index is 0.101. The Balaban J connectivity index is 1.56. The number of hydrogen-bond donors (Lipinski definition) is 1. The molecule has 1 saturated heterocycles. The number of aromatic carboxylic acids is 1. The molecule has 1 heterocycles. The van der Waals surface area contributed by atoms with E-state index < -0.39 is 11.8 Å². The molecule has 1 aliphatic carbocycles. The summed E-state index contributed by atoms with van der Waals surface area (Å²) >= 11 is 6.46. The van der Waals surface area contributed by atoms with Gasteiger partial charge in [0.15, 0.2) is 0 Å². The first kappa shape index (κ1) is 25.4. The second kappa shape index (κ2) is 11.0. The number of likely N-dealkylation sites (tertiary alicyclic amines) is 1. The van der Waals surface area contributed by atoms with Gasteiger partial charge < -0.3 is 5.11 Å². The Morgan fingerprint density at radius 2 is 1.81 bits per heavy atom. The van der Waals surface area contributed by atoms with E-state index in [0.29, 0.717) is 18.4 Å². The molecule has 3 aromatic rings. The normalized spacial score (nSPS) is 15.7. The van der Waals surface area contributed by atoms with Crippen LogP contribution in [0.4, 0.5) is 8.78 Å². The van der Waals surface area contributed by atoms with E-state index in [1.165, 1.54) is 11.6 Å². The number of hydrogen-bond acceptors (Lipinski definition) is 2. The molecule has 6 heteroatoms. The maximum atomic E-state index is 14.5. The molecule has 3 nitrogen and oxygen atoms in total. The summed E-state index contributed by atoms with van der Waals surface area (Å²) in [5.41, 5.74) is 8.13. The van der Waals surface area contributed by atoms with Crippen molar-refractivity contribution in [2.24, 2.45) is 0 Å². The lowest BCUT2D eigenvalue weighted by Crippen LogP contribution is -2.40. The van der Waals surface area contributed by atoms with Gasteiger partial charge in [0.1, 0.15) is 5.82 Å². The third-order valence-electron chi connectivity index (χ3n) is 7.10. The molecule has 37 heavy (non-hydrogen) atoms. The lowest BCUT2D eigenvalue weighted by molar-refractivity contribution is 0.0696. The van der Waals surface area contributed by atoms with Crippen molar-refractivity contribution in [2.75, 3.05) is 26.3 Å². The molecule has 190 valence electrons. The lowest BCUT2D eigenvalue weighted by atomic mass is 9.87. The fourth-order valence-electron chi connectivity index (χ4n) is 5.30. The second-order valence-corrected chi connectivity index (χ2v) is 10.0. The van der Waals surface area contributed by atoms with E-state index in [0.717, 1.165) is 65.9 Å². The summed E-state index contributed by atoms with van der Waals surface area (Å²) in [6, 6.07) is 18.4. The fourth-order valence-corrected chi connectivity index (χ4v) is 5.54. The van der Waals surface area contributed by atoms with E-state index in [1.807, 2.05) is 12.1 Å². The van der Waals surface area contributed by atoms with Crippen LogP contribution in [-0.4, -0.2) is 42.3 Å². The number of alkyl halides is 1. The number of fused-ring (bicyclic) bond motifs is 1. The van der Waals surface area contributed by atoms with Crippen LogP contribution in [0.15, 0.2) is 66.2 Å². The van der Waals surface area contributed by atoms with Crippen LogP contribution in [0, 0.1) is 5.82 Å². The number of carboxylic acid groups (broad SMARTS) is 1. The topological polar surface area (TPSA) is 40.5 Å². The largest absolute Gasteiger partial charge is 0.478 e. The van der Waals surface area contributed by atoms with Crippen LogP contribution in [-0.2, 0) is 6.42 Å². The van der Waals surface area contributed by atoms with Gasteiger partial charge in [-0.25, -0.2) is 9.18 Å². The van der Waals surface area contributed by atoms with Gasteiger partial charge >= 0.3 is 5.97 Å². The zero-order valence-corrected chi connectivity index (χ0v) is 21.2. The highest BCUT2D eigenvalue weighted by atomic mass is 35.5. The van der Waals surface area contributed by atoms with Gasteiger partial charge in [-0.1, -0.05) is 60.1 Å². The average Bonchev–Trinajstić information content (AvgIpc) is 3.06. The number of rotatable bonds is 7. The van der Waals surface area contributed by atoms with E-state index in [4.69, 9.17) is 11.6 Å². The molecule has 1 N–H and O–H groups in total. The van der Waals surface area contributed by atoms with E-state index in [9.17, 15) is 18.7 Å². The van der Waals surface area contributed by atoms with Gasteiger partial charge in [-0.3, -0.25) is 9.29 Å².